The molecule has 0 saturated heterocycles. The van der Waals surface area contributed by atoms with Crippen LogP contribution in [0.15, 0.2) is 48.7 Å². The Hall–Kier alpha value is -4.27. The quantitative estimate of drug-likeness (QED) is 0.290. The number of carbonyl (C=O) groups is 1. The van der Waals surface area contributed by atoms with Gasteiger partial charge in [-0.25, -0.2) is 14.8 Å². The number of rotatable bonds is 8. The number of nitro benzene ring substituents is 1. The van der Waals surface area contributed by atoms with Crippen molar-refractivity contribution in [3.05, 3.63) is 75.6 Å². The molecule has 32 heavy (non-hydrogen) atoms. The Bertz CT molecular complexity index is 1160. The molecule has 0 aliphatic heterocycles. The number of carbonyl (C=O) groups excluding carboxylic acids is 1. The summed E-state index contributed by atoms with van der Waals surface area (Å²) >= 11 is 0. The third kappa shape index (κ3) is 4.89. The van der Waals surface area contributed by atoms with Gasteiger partial charge in [0.05, 0.1) is 43.1 Å². The summed E-state index contributed by atoms with van der Waals surface area (Å²) in [5.41, 5.74) is 1.23. The third-order valence-electron chi connectivity index (χ3n) is 4.50. The molecule has 0 amide bonds. The van der Waals surface area contributed by atoms with Crippen molar-refractivity contribution in [3.8, 4) is 22.9 Å². The number of hydrogen-bond acceptors (Lipinski definition) is 8. The lowest BCUT2D eigenvalue weighted by atomic mass is 10.1. The largest absolute Gasteiger partial charge is 0.493 e. The Morgan fingerprint density at radius 1 is 1.09 bits per heavy atom. The lowest BCUT2D eigenvalue weighted by Gasteiger charge is -2.09. The van der Waals surface area contributed by atoms with Crippen LogP contribution in [0, 0.1) is 10.1 Å². The lowest BCUT2D eigenvalue weighted by molar-refractivity contribution is -0.385. The van der Waals surface area contributed by atoms with Crippen molar-refractivity contribution in [1.29, 1.82) is 0 Å². The van der Waals surface area contributed by atoms with Crippen LogP contribution in [0.3, 0.4) is 0 Å². The first-order valence-corrected chi connectivity index (χ1v) is 9.66. The van der Waals surface area contributed by atoms with Gasteiger partial charge in [0.1, 0.15) is 5.56 Å². The number of nitro groups is 1. The van der Waals surface area contributed by atoms with Crippen LogP contribution < -0.4 is 9.47 Å². The summed E-state index contributed by atoms with van der Waals surface area (Å²) in [7, 11) is 2.83. The van der Waals surface area contributed by atoms with Gasteiger partial charge in [0.2, 0.25) is 0 Å². The summed E-state index contributed by atoms with van der Waals surface area (Å²) in [6.45, 7) is 1.88. The van der Waals surface area contributed by atoms with Crippen molar-refractivity contribution in [2.45, 2.75) is 6.92 Å². The summed E-state index contributed by atoms with van der Waals surface area (Å²) in [5.74, 6) is 0.377. The van der Waals surface area contributed by atoms with Crippen molar-refractivity contribution in [2.75, 3.05) is 20.8 Å². The molecule has 0 aliphatic rings. The van der Waals surface area contributed by atoms with Crippen LogP contribution in [-0.2, 0) is 4.74 Å². The monoisotopic (exact) mass is 435 g/mol. The van der Waals surface area contributed by atoms with Crippen LogP contribution in [0.4, 0.5) is 5.69 Å². The van der Waals surface area contributed by atoms with Gasteiger partial charge in [-0.2, -0.15) is 0 Å². The van der Waals surface area contributed by atoms with Crippen LogP contribution in [0.2, 0.25) is 0 Å². The first-order chi connectivity index (χ1) is 15.5. The van der Waals surface area contributed by atoms with Crippen LogP contribution in [-0.4, -0.2) is 41.7 Å². The fraction of sp³-hybridized carbons (Fsp3) is 0.174. The number of benzene rings is 2. The molecule has 0 unspecified atom stereocenters. The maximum atomic E-state index is 12.4. The van der Waals surface area contributed by atoms with E-state index < -0.39 is 10.9 Å². The van der Waals surface area contributed by atoms with Gasteiger partial charge in [-0.05, 0) is 25.1 Å². The van der Waals surface area contributed by atoms with E-state index in [4.69, 9.17) is 14.2 Å². The molecule has 9 heteroatoms. The molecule has 0 radical (unpaired) electrons. The molecule has 164 valence electrons. The number of nitrogens with zero attached hydrogens (tertiary/aromatic N) is 3. The van der Waals surface area contributed by atoms with Gasteiger partial charge in [0.15, 0.2) is 17.3 Å². The predicted molar refractivity (Wildman–Crippen MR) is 119 cm³/mol. The van der Waals surface area contributed by atoms with Crippen LogP contribution >= 0.6 is 0 Å². The average molecular weight is 435 g/mol. The van der Waals surface area contributed by atoms with Crippen molar-refractivity contribution < 1.29 is 23.9 Å². The minimum atomic E-state index is -0.589. The van der Waals surface area contributed by atoms with Crippen molar-refractivity contribution in [1.82, 2.24) is 9.97 Å². The molecule has 0 bridgehead atoms. The Balaban J connectivity index is 2.12. The third-order valence-corrected chi connectivity index (χ3v) is 4.50. The molecule has 0 fully saturated rings. The van der Waals surface area contributed by atoms with Crippen molar-refractivity contribution in [2.24, 2.45) is 0 Å². The Labute approximate surface area is 184 Å². The zero-order valence-corrected chi connectivity index (χ0v) is 17.8. The average Bonchev–Trinajstić information content (AvgIpc) is 2.82. The first kappa shape index (κ1) is 22.4. The van der Waals surface area contributed by atoms with E-state index in [9.17, 15) is 14.9 Å². The van der Waals surface area contributed by atoms with Crippen LogP contribution in [0.1, 0.15) is 28.5 Å². The van der Waals surface area contributed by atoms with E-state index in [0.29, 0.717) is 11.6 Å². The Morgan fingerprint density at radius 3 is 2.41 bits per heavy atom. The predicted octanol–water partition coefficient (Wildman–Crippen LogP) is 4.42. The second kappa shape index (κ2) is 10.2. The molecule has 2 aromatic carbocycles. The number of hydrogen-bond donors (Lipinski definition) is 0. The summed E-state index contributed by atoms with van der Waals surface area (Å²) in [6.07, 6.45) is 4.38. The lowest BCUT2D eigenvalue weighted by Crippen LogP contribution is -2.09. The van der Waals surface area contributed by atoms with Gasteiger partial charge in [0.25, 0.3) is 5.69 Å². The van der Waals surface area contributed by atoms with E-state index in [0.717, 1.165) is 5.56 Å². The van der Waals surface area contributed by atoms with Gasteiger partial charge < -0.3 is 14.2 Å². The first-order valence-electron chi connectivity index (χ1n) is 9.66. The van der Waals surface area contributed by atoms with Gasteiger partial charge in [0, 0.05) is 11.8 Å². The highest BCUT2D eigenvalue weighted by Crippen LogP contribution is 2.35. The molecule has 3 aromatic rings. The highest BCUT2D eigenvalue weighted by Gasteiger charge is 2.19. The molecular weight excluding hydrogens is 414 g/mol. The normalized spacial score (nSPS) is 10.7. The number of methoxy groups -OCH3 is 2. The van der Waals surface area contributed by atoms with Crippen molar-refractivity contribution >= 4 is 23.8 Å². The maximum Gasteiger partial charge on any atom is 0.341 e. The molecule has 0 saturated carbocycles. The standard InChI is InChI=1S/C23H21N3O6/c1-4-32-23(27)17-14-24-22(15-8-6-5-7-9-15)25-18(17)11-10-16-12-20(30-2)21(31-3)13-19(16)26(28)29/h5-14H,4H2,1-3H3/b11-10+. The molecule has 9 nitrogen and oxygen atoms in total. The highest BCUT2D eigenvalue weighted by atomic mass is 16.6. The molecule has 1 aromatic heterocycles. The Morgan fingerprint density at radius 2 is 1.78 bits per heavy atom. The molecule has 0 spiro atoms. The zero-order chi connectivity index (χ0) is 23.1. The topological polar surface area (TPSA) is 114 Å². The zero-order valence-electron chi connectivity index (χ0n) is 17.8. The van der Waals surface area contributed by atoms with Gasteiger partial charge in [-0.1, -0.05) is 30.3 Å². The van der Waals surface area contributed by atoms with Crippen LogP contribution in [0.5, 0.6) is 11.5 Å². The fourth-order valence-corrected chi connectivity index (χ4v) is 2.96. The molecular formula is C23H21N3O6. The van der Waals surface area contributed by atoms with E-state index in [1.807, 2.05) is 30.3 Å². The van der Waals surface area contributed by atoms with Crippen molar-refractivity contribution in [3.63, 3.8) is 0 Å². The number of ether oxygens (including phenoxy) is 3. The van der Waals surface area contributed by atoms with Crippen LogP contribution in [0.25, 0.3) is 23.5 Å². The van der Waals surface area contributed by atoms with E-state index in [2.05, 4.69) is 9.97 Å². The second-order valence-electron chi connectivity index (χ2n) is 6.44. The van der Waals surface area contributed by atoms with Gasteiger partial charge >= 0.3 is 5.97 Å². The Kier molecular flexibility index (Phi) is 7.12. The number of esters is 1. The molecule has 0 atom stereocenters. The number of aromatic nitrogens is 2. The molecule has 3 rings (SSSR count). The smallest absolute Gasteiger partial charge is 0.341 e. The van der Waals surface area contributed by atoms with E-state index in [-0.39, 0.29) is 34.9 Å². The maximum absolute atomic E-state index is 12.4. The highest BCUT2D eigenvalue weighted by molar-refractivity contribution is 5.94. The fourth-order valence-electron chi connectivity index (χ4n) is 2.96. The molecule has 1 heterocycles. The van der Waals surface area contributed by atoms with E-state index >= 15 is 0 Å². The minimum Gasteiger partial charge on any atom is -0.493 e. The summed E-state index contributed by atoms with van der Waals surface area (Å²) in [6, 6.07) is 12.0. The minimum absolute atomic E-state index is 0.144. The summed E-state index contributed by atoms with van der Waals surface area (Å²) < 4.78 is 15.5. The second-order valence-corrected chi connectivity index (χ2v) is 6.44. The summed E-state index contributed by atoms with van der Waals surface area (Å²) in [5, 5.41) is 11.6. The van der Waals surface area contributed by atoms with Gasteiger partial charge in [-0.3, -0.25) is 10.1 Å². The summed E-state index contributed by atoms with van der Waals surface area (Å²) in [4.78, 5) is 32.2. The molecule has 0 aliphatic carbocycles. The van der Waals surface area contributed by atoms with Gasteiger partial charge in [-0.15, -0.1) is 0 Å². The molecule has 0 N–H and O–H groups in total. The van der Waals surface area contributed by atoms with E-state index in [1.54, 1.807) is 6.92 Å². The SMILES string of the molecule is CCOC(=O)c1cnc(-c2ccccc2)nc1/C=C/c1cc(OC)c(OC)cc1[N+](=O)[O-]. The van der Waals surface area contributed by atoms with E-state index in [1.165, 1.54) is 44.7 Å².